The Morgan fingerprint density at radius 2 is 1.30 bits per heavy atom. The van der Waals surface area contributed by atoms with Gasteiger partial charge >= 0.3 is 0 Å². The molecule has 4 N–H and O–H groups in total. The van der Waals surface area contributed by atoms with Gasteiger partial charge in [-0.25, -0.2) is 0 Å². The molecule has 0 bridgehead atoms. The second-order valence-corrected chi connectivity index (χ2v) is 7.56. The Labute approximate surface area is 178 Å². The molecule has 0 unspecified atom stereocenters. The van der Waals surface area contributed by atoms with E-state index < -0.39 is 5.91 Å². The predicted octanol–water partition coefficient (Wildman–Crippen LogP) is 3.70. The quantitative estimate of drug-likeness (QED) is 0.485. The van der Waals surface area contributed by atoms with Gasteiger partial charge in [-0.3, -0.25) is 14.4 Å². The van der Waals surface area contributed by atoms with E-state index in [1.807, 2.05) is 54.6 Å². The Kier molecular flexibility index (Phi) is 7.24. The summed E-state index contributed by atoms with van der Waals surface area (Å²) < 4.78 is 0. The molecule has 0 heterocycles. The minimum Gasteiger partial charge on any atom is -0.366 e. The van der Waals surface area contributed by atoms with Crippen LogP contribution in [-0.4, -0.2) is 23.5 Å². The molecule has 3 amide bonds. The van der Waals surface area contributed by atoms with Crippen molar-refractivity contribution in [3.8, 4) is 0 Å². The third-order valence-electron chi connectivity index (χ3n) is 4.17. The van der Waals surface area contributed by atoms with Crippen molar-refractivity contribution in [2.45, 2.75) is 11.3 Å². The van der Waals surface area contributed by atoms with E-state index in [1.54, 1.807) is 24.3 Å². The van der Waals surface area contributed by atoms with Crippen LogP contribution in [0.5, 0.6) is 0 Å². The molecule has 0 atom stereocenters. The third kappa shape index (κ3) is 6.49. The number of carbonyl (C=O) groups excluding carboxylic acids is 3. The Morgan fingerprint density at radius 3 is 1.90 bits per heavy atom. The minimum absolute atomic E-state index is 0.0802. The first kappa shape index (κ1) is 21.1. The Morgan fingerprint density at radius 1 is 0.733 bits per heavy atom. The number of benzene rings is 3. The smallest absolute Gasteiger partial charge is 0.248 e. The molecule has 3 aromatic rings. The van der Waals surface area contributed by atoms with E-state index in [-0.39, 0.29) is 17.6 Å². The fraction of sp³-hybridized carbons (Fsp3) is 0.0870. The molecule has 3 rings (SSSR count). The summed E-state index contributed by atoms with van der Waals surface area (Å²) in [5.41, 5.74) is 7.85. The molecule has 0 spiro atoms. The van der Waals surface area contributed by atoms with Crippen molar-refractivity contribution in [3.05, 3.63) is 90.0 Å². The zero-order chi connectivity index (χ0) is 21.3. The average molecular weight is 420 g/mol. The van der Waals surface area contributed by atoms with Crippen LogP contribution in [0, 0.1) is 0 Å². The number of rotatable bonds is 8. The topological polar surface area (TPSA) is 101 Å². The van der Waals surface area contributed by atoms with Gasteiger partial charge in [-0.2, -0.15) is 0 Å². The number of hydrogen-bond acceptors (Lipinski definition) is 4. The standard InChI is InChI=1S/C23H21N3O3S/c24-23(29)17-6-8-18(9-7-17)26-22(28)15-30-20-12-10-19(11-13-20)25-21(27)14-16-4-2-1-3-5-16/h1-13H,14-15H2,(H2,24,29)(H,25,27)(H,26,28). The van der Waals surface area contributed by atoms with E-state index >= 15 is 0 Å². The van der Waals surface area contributed by atoms with E-state index in [0.717, 1.165) is 10.5 Å². The predicted molar refractivity (Wildman–Crippen MR) is 120 cm³/mol. The van der Waals surface area contributed by atoms with Gasteiger partial charge in [0.25, 0.3) is 0 Å². The van der Waals surface area contributed by atoms with Gasteiger partial charge in [0.05, 0.1) is 12.2 Å². The molecular formula is C23H21N3O3S. The molecule has 3 aromatic carbocycles. The van der Waals surface area contributed by atoms with Crippen LogP contribution in [0.2, 0.25) is 0 Å². The highest BCUT2D eigenvalue weighted by Gasteiger charge is 2.07. The molecule has 0 aliphatic carbocycles. The van der Waals surface area contributed by atoms with Crippen LogP contribution in [0.15, 0.2) is 83.8 Å². The summed E-state index contributed by atoms with van der Waals surface area (Å²) in [4.78, 5) is 36.2. The lowest BCUT2D eigenvalue weighted by Gasteiger charge is -2.08. The van der Waals surface area contributed by atoms with Crippen molar-refractivity contribution in [1.29, 1.82) is 0 Å². The number of nitrogens with two attached hydrogens (primary N) is 1. The first-order valence-electron chi connectivity index (χ1n) is 9.26. The molecule has 0 aliphatic heterocycles. The van der Waals surface area contributed by atoms with Crippen molar-refractivity contribution in [1.82, 2.24) is 0 Å². The highest BCUT2D eigenvalue weighted by molar-refractivity contribution is 8.00. The maximum atomic E-state index is 12.1. The van der Waals surface area contributed by atoms with Crippen LogP contribution in [0.4, 0.5) is 11.4 Å². The first-order chi connectivity index (χ1) is 14.5. The molecule has 0 aromatic heterocycles. The highest BCUT2D eigenvalue weighted by atomic mass is 32.2. The minimum atomic E-state index is -0.511. The summed E-state index contributed by atoms with van der Waals surface area (Å²) in [7, 11) is 0. The molecule has 152 valence electrons. The largest absolute Gasteiger partial charge is 0.366 e. The third-order valence-corrected chi connectivity index (χ3v) is 5.18. The lowest BCUT2D eigenvalue weighted by molar-refractivity contribution is -0.115. The Bertz CT molecular complexity index is 1020. The van der Waals surface area contributed by atoms with Gasteiger partial charge in [-0.1, -0.05) is 30.3 Å². The van der Waals surface area contributed by atoms with Gasteiger partial charge in [0.1, 0.15) is 0 Å². The van der Waals surface area contributed by atoms with Crippen molar-refractivity contribution < 1.29 is 14.4 Å². The first-order valence-corrected chi connectivity index (χ1v) is 10.2. The van der Waals surface area contributed by atoms with Crippen LogP contribution in [0.1, 0.15) is 15.9 Å². The molecular weight excluding hydrogens is 398 g/mol. The maximum absolute atomic E-state index is 12.1. The van der Waals surface area contributed by atoms with E-state index in [9.17, 15) is 14.4 Å². The molecule has 0 aliphatic rings. The van der Waals surface area contributed by atoms with Gasteiger partial charge in [0.2, 0.25) is 17.7 Å². The molecule has 0 fully saturated rings. The van der Waals surface area contributed by atoms with E-state index in [4.69, 9.17) is 5.73 Å². The van der Waals surface area contributed by atoms with Crippen molar-refractivity contribution in [2.24, 2.45) is 5.73 Å². The number of amides is 3. The number of thioether (sulfide) groups is 1. The fourth-order valence-corrected chi connectivity index (χ4v) is 3.38. The van der Waals surface area contributed by atoms with Gasteiger partial charge < -0.3 is 16.4 Å². The van der Waals surface area contributed by atoms with E-state index in [2.05, 4.69) is 10.6 Å². The fourth-order valence-electron chi connectivity index (χ4n) is 2.68. The van der Waals surface area contributed by atoms with Gasteiger partial charge in [0, 0.05) is 21.8 Å². The SMILES string of the molecule is NC(=O)c1ccc(NC(=O)CSc2ccc(NC(=O)Cc3ccccc3)cc2)cc1. The van der Waals surface area contributed by atoms with Gasteiger partial charge in [-0.15, -0.1) is 11.8 Å². The summed E-state index contributed by atoms with van der Waals surface area (Å²) in [6.07, 6.45) is 0.317. The summed E-state index contributed by atoms with van der Waals surface area (Å²) in [5.74, 6) is -0.518. The maximum Gasteiger partial charge on any atom is 0.248 e. The van der Waals surface area contributed by atoms with Crippen LogP contribution in [-0.2, 0) is 16.0 Å². The molecule has 0 radical (unpaired) electrons. The van der Waals surface area contributed by atoms with Crippen molar-refractivity contribution in [2.75, 3.05) is 16.4 Å². The number of hydrogen-bond donors (Lipinski definition) is 3. The number of primary amides is 1. The zero-order valence-corrected chi connectivity index (χ0v) is 16.9. The molecule has 0 saturated carbocycles. The van der Waals surface area contributed by atoms with Crippen LogP contribution < -0.4 is 16.4 Å². The summed E-state index contributed by atoms with van der Waals surface area (Å²) in [6, 6.07) is 23.3. The summed E-state index contributed by atoms with van der Waals surface area (Å²) in [5, 5.41) is 5.64. The summed E-state index contributed by atoms with van der Waals surface area (Å²) >= 11 is 1.39. The van der Waals surface area contributed by atoms with Crippen molar-refractivity contribution >= 4 is 40.9 Å². The average Bonchev–Trinajstić information content (AvgIpc) is 2.74. The molecule has 6 nitrogen and oxygen atoms in total. The second kappa shape index (κ2) is 10.3. The van der Waals surface area contributed by atoms with E-state index in [1.165, 1.54) is 11.8 Å². The van der Waals surface area contributed by atoms with Crippen LogP contribution in [0.25, 0.3) is 0 Å². The van der Waals surface area contributed by atoms with Gasteiger partial charge in [0.15, 0.2) is 0 Å². The monoisotopic (exact) mass is 419 g/mol. The Hall–Kier alpha value is -3.58. The number of nitrogens with one attached hydrogen (secondary N) is 2. The summed E-state index contributed by atoms with van der Waals surface area (Å²) in [6.45, 7) is 0. The van der Waals surface area contributed by atoms with Crippen LogP contribution in [0.3, 0.4) is 0 Å². The van der Waals surface area contributed by atoms with Crippen molar-refractivity contribution in [3.63, 3.8) is 0 Å². The lowest BCUT2D eigenvalue weighted by Crippen LogP contribution is -2.15. The lowest BCUT2D eigenvalue weighted by atomic mass is 10.1. The zero-order valence-electron chi connectivity index (χ0n) is 16.1. The molecule has 30 heavy (non-hydrogen) atoms. The number of carbonyl (C=O) groups is 3. The Balaban J connectivity index is 1.45. The molecule has 0 saturated heterocycles. The second-order valence-electron chi connectivity index (χ2n) is 6.51. The molecule has 7 heteroatoms. The van der Waals surface area contributed by atoms with Crippen LogP contribution >= 0.6 is 11.8 Å². The highest BCUT2D eigenvalue weighted by Crippen LogP contribution is 2.21. The number of anilines is 2. The normalized spacial score (nSPS) is 10.3. The van der Waals surface area contributed by atoms with E-state index in [0.29, 0.717) is 23.4 Å². The van der Waals surface area contributed by atoms with Gasteiger partial charge in [-0.05, 0) is 54.1 Å².